The highest BCUT2D eigenvalue weighted by atomic mass is 16.5. The van der Waals surface area contributed by atoms with Crippen LogP contribution in [0.3, 0.4) is 0 Å². The van der Waals surface area contributed by atoms with E-state index in [4.69, 9.17) is 9.84 Å². The molecule has 1 N–H and O–H groups in total. The van der Waals surface area contributed by atoms with E-state index in [1.54, 1.807) is 24.9 Å². The average molecular weight is 265 g/mol. The topological polar surface area (TPSA) is 66.8 Å². The number of carbonyl (C=O) groups excluding carboxylic acids is 1. The largest absolute Gasteiger partial charge is 0.481 e. The van der Waals surface area contributed by atoms with Crippen LogP contribution in [0.4, 0.5) is 0 Å². The van der Waals surface area contributed by atoms with Crippen LogP contribution < -0.4 is 0 Å². The third-order valence-corrected chi connectivity index (χ3v) is 2.60. The first-order chi connectivity index (χ1) is 9.02. The number of esters is 1. The van der Waals surface area contributed by atoms with Gasteiger partial charge in [-0.15, -0.1) is 0 Å². The molecule has 0 aliphatic rings. The van der Waals surface area contributed by atoms with Crippen LogP contribution in [0.15, 0.2) is 24.3 Å². The van der Waals surface area contributed by atoms with Crippen LogP contribution in [0.5, 0.6) is 0 Å². The van der Waals surface area contributed by atoms with Crippen molar-refractivity contribution < 1.29 is 19.4 Å². The van der Waals surface area contributed by atoms with E-state index in [1.165, 1.54) is 0 Å². The zero-order chi connectivity index (χ0) is 14.3. The van der Waals surface area contributed by atoms with Gasteiger partial charge in [0.2, 0.25) is 0 Å². The Kier molecular flexibility index (Phi) is 6.02. The van der Waals surface area contributed by atoms with Gasteiger partial charge in [0.05, 0.1) is 19.6 Å². The van der Waals surface area contributed by atoms with E-state index in [9.17, 15) is 9.59 Å². The Morgan fingerprint density at radius 2 is 1.89 bits per heavy atom. The fourth-order valence-electron chi connectivity index (χ4n) is 1.82. The summed E-state index contributed by atoms with van der Waals surface area (Å²) in [5, 5.41) is 8.85. The van der Waals surface area contributed by atoms with E-state index in [-0.39, 0.29) is 18.9 Å². The first kappa shape index (κ1) is 15.2. The molecular weight excluding hydrogens is 246 g/mol. The summed E-state index contributed by atoms with van der Waals surface area (Å²) in [4.78, 5) is 23.9. The molecule has 0 aromatic heterocycles. The Morgan fingerprint density at radius 1 is 1.26 bits per heavy atom. The SMILES string of the molecule is CCOC(=O)CN(C)Cc1ccccc1CC(=O)O. The molecule has 19 heavy (non-hydrogen) atoms. The molecule has 5 nitrogen and oxygen atoms in total. The van der Waals surface area contributed by atoms with Gasteiger partial charge in [-0.2, -0.15) is 0 Å². The van der Waals surface area contributed by atoms with Crippen molar-refractivity contribution in [2.75, 3.05) is 20.2 Å². The van der Waals surface area contributed by atoms with Crippen molar-refractivity contribution in [3.05, 3.63) is 35.4 Å². The summed E-state index contributed by atoms with van der Waals surface area (Å²) >= 11 is 0. The summed E-state index contributed by atoms with van der Waals surface area (Å²) in [7, 11) is 1.80. The smallest absolute Gasteiger partial charge is 0.320 e. The Labute approximate surface area is 112 Å². The zero-order valence-corrected chi connectivity index (χ0v) is 11.3. The molecule has 0 amide bonds. The molecule has 0 unspecified atom stereocenters. The second kappa shape index (κ2) is 7.53. The van der Waals surface area contributed by atoms with Gasteiger partial charge in [-0.25, -0.2) is 0 Å². The van der Waals surface area contributed by atoms with Gasteiger partial charge in [-0.05, 0) is 25.1 Å². The van der Waals surface area contributed by atoms with Crippen molar-refractivity contribution in [1.29, 1.82) is 0 Å². The van der Waals surface area contributed by atoms with Crippen molar-refractivity contribution >= 4 is 11.9 Å². The van der Waals surface area contributed by atoms with E-state index in [0.717, 1.165) is 11.1 Å². The standard InChI is InChI=1S/C14H19NO4/c1-3-19-14(18)10-15(2)9-12-7-5-4-6-11(12)8-13(16)17/h4-7H,3,8-10H2,1-2H3,(H,16,17). The molecule has 0 bridgehead atoms. The van der Waals surface area contributed by atoms with Gasteiger partial charge in [-0.3, -0.25) is 14.5 Å². The molecular formula is C14H19NO4. The Hall–Kier alpha value is -1.88. The molecule has 0 saturated carbocycles. The zero-order valence-electron chi connectivity index (χ0n) is 11.3. The number of ether oxygens (including phenoxy) is 1. The van der Waals surface area contributed by atoms with Crippen LogP contribution in [0.1, 0.15) is 18.1 Å². The fraction of sp³-hybridized carbons (Fsp3) is 0.429. The Morgan fingerprint density at radius 3 is 2.47 bits per heavy atom. The van der Waals surface area contributed by atoms with Gasteiger partial charge in [0.15, 0.2) is 0 Å². The maximum absolute atomic E-state index is 11.3. The maximum atomic E-state index is 11.3. The van der Waals surface area contributed by atoms with Gasteiger partial charge in [0.25, 0.3) is 0 Å². The molecule has 0 atom stereocenters. The van der Waals surface area contributed by atoms with E-state index in [1.807, 2.05) is 18.2 Å². The van der Waals surface area contributed by atoms with Crippen molar-refractivity contribution in [2.24, 2.45) is 0 Å². The number of carbonyl (C=O) groups is 2. The average Bonchev–Trinajstić information content (AvgIpc) is 2.31. The monoisotopic (exact) mass is 265 g/mol. The molecule has 0 radical (unpaired) electrons. The maximum Gasteiger partial charge on any atom is 0.320 e. The lowest BCUT2D eigenvalue weighted by atomic mass is 10.0. The molecule has 0 saturated heterocycles. The minimum absolute atomic E-state index is 0.0105. The highest BCUT2D eigenvalue weighted by Gasteiger charge is 2.11. The minimum Gasteiger partial charge on any atom is -0.481 e. The predicted octanol–water partition coefficient (Wildman–Crippen LogP) is 1.31. The first-order valence-electron chi connectivity index (χ1n) is 6.15. The molecule has 1 aromatic carbocycles. The molecule has 104 valence electrons. The number of aliphatic carboxylic acids is 1. The summed E-state index contributed by atoms with van der Waals surface area (Å²) in [6, 6.07) is 7.34. The summed E-state index contributed by atoms with van der Waals surface area (Å²) in [5.74, 6) is -1.14. The third-order valence-electron chi connectivity index (χ3n) is 2.60. The molecule has 1 aromatic rings. The number of hydrogen-bond acceptors (Lipinski definition) is 4. The number of carboxylic acid groups (broad SMARTS) is 1. The van der Waals surface area contributed by atoms with Gasteiger partial charge < -0.3 is 9.84 Å². The van der Waals surface area contributed by atoms with Gasteiger partial charge in [0.1, 0.15) is 0 Å². The van der Waals surface area contributed by atoms with Crippen molar-refractivity contribution in [2.45, 2.75) is 19.9 Å². The Balaban J connectivity index is 2.65. The minimum atomic E-state index is -0.861. The lowest BCUT2D eigenvalue weighted by Gasteiger charge is -2.17. The number of rotatable bonds is 7. The van der Waals surface area contributed by atoms with Crippen molar-refractivity contribution in [3.8, 4) is 0 Å². The third kappa shape index (κ3) is 5.52. The number of hydrogen-bond donors (Lipinski definition) is 1. The molecule has 0 aliphatic carbocycles. The van der Waals surface area contributed by atoms with Gasteiger partial charge in [-0.1, -0.05) is 24.3 Å². The van der Waals surface area contributed by atoms with Crippen molar-refractivity contribution in [3.63, 3.8) is 0 Å². The molecule has 0 fully saturated rings. The highest BCUT2D eigenvalue weighted by molar-refractivity contribution is 5.72. The van der Waals surface area contributed by atoms with E-state index < -0.39 is 5.97 Å². The molecule has 1 rings (SSSR count). The van der Waals surface area contributed by atoms with Crippen molar-refractivity contribution in [1.82, 2.24) is 4.90 Å². The van der Waals surface area contributed by atoms with Crippen LogP contribution in [0.25, 0.3) is 0 Å². The van der Waals surface area contributed by atoms with E-state index in [0.29, 0.717) is 13.2 Å². The quantitative estimate of drug-likeness (QED) is 0.753. The molecule has 5 heteroatoms. The Bertz CT molecular complexity index is 445. The van der Waals surface area contributed by atoms with E-state index in [2.05, 4.69) is 0 Å². The molecule has 0 aliphatic heterocycles. The van der Waals surface area contributed by atoms with Crippen LogP contribution in [-0.2, 0) is 27.3 Å². The van der Waals surface area contributed by atoms with Crippen LogP contribution >= 0.6 is 0 Å². The van der Waals surface area contributed by atoms with Gasteiger partial charge in [0, 0.05) is 6.54 Å². The number of nitrogens with zero attached hydrogens (tertiary/aromatic N) is 1. The normalized spacial score (nSPS) is 10.5. The van der Waals surface area contributed by atoms with Crippen LogP contribution in [0, 0.1) is 0 Å². The molecule has 0 heterocycles. The summed E-state index contributed by atoms with van der Waals surface area (Å²) < 4.78 is 4.87. The lowest BCUT2D eigenvalue weighted by molar-refractivity contribution is -0.144. The molecule has 0 spiro atoms. The fourth-order valence-corrected chi connectivity index (χ4v) is 1.82. The van der Waals surface area contributed by atoms with E-state index >= 15 is 0 Å². The van der Waals surface area contributed by atoms with Crippen LogP contribution in [-0.4, -0.2) is 42.1 Å². The highest BCUT2D eigenvalue weighted by Crippen LogP contribution is 2.12. The second-order valence-electron chi connectivity index (χ2n) is 4.32. The second-order valence-corrected chi connectivity index (χ2v) is 4.32. The van der Waals surface area contributed by atoms with Gasteiger partial charge >= 0.3 is 11.9 Å². The number of likely N-dealkylation sites (N-methyl/N-ethyl adjacent to an activating group) is 1. The summed E-state index contributed by atoms with van der Waals surface area (Å²) in [6.45, 7) is 2.83. The predicted molar refractivity (Wildman–Crippen MR) is 70.7 cm³/mol. The number of carboxylic acids is 1. The summed E-state index contributed by atoms with van der Waals surface area (Å²) in [5.41, 5.74) is 1.68. The van der Waals surface area contributed by atoms with Crippen LogP contribution in [0.2, 0.25) is 0 Å². The lowest BCUT2D eigenvalue weighted by Crippen LogP contribution is -2.27. The number of benzene rings is 1. The summed E-state index contributed by atoms with van der Waals surface area (Å²) in [6.07, 6.45) is -0.0105. The first-order valence-corrected chi connectivity index (χ1v) is 6.15.